The summed E-state index contributed by atoms with van der Waals surface area (Å²) in [5.41, 5.74) is 1.16. The van der Waals surface area contributed by atoms with Crippen molar-refractivity contribution in [3.8, 4) is 0 Å². The first-order valence-electron chi connectivity index (χ1n) is 7.29. The van der Waals surface area contributed by atoms with E-state index < -0.39 is 0 Å². The smallest absolute Gasteiger partial charge is 0.275 e. The quantitative estimate of drug-likeness (QED) is 0.603. The van der Waals surface area contributed by atoms with E-state index in [1.807, 2.05) is 24.3 Å². The van der Waals surface area contributed by atoms with Gasteiger partial charge in [-0.25, -0.2) is 0 Å². The summed E-state index contributed by atoms with van der Waals surface area (Å²) in [5.74, 6) is 0.154. The van der Waals surface area contributed by atoms with E-state index in [0.29, 0.717) is 13.1 Å². The van der Waals surface area contributed by atoms with Crippen LogP contribution in [0.25, 0.3) is 0 Å². The van der Waals surface area contributed by atoms with Crippen molar-refractivity contribution in [3.63, 3.8) is 0 Å². The number of likely N-dealkylation sites (N-methyl/N-ethyl adjacent to an activating group) is 1. The highest BCUT2D eigenvalue weighted by Gasteiger charge is 2.21. The Morgan fingerprint density at radius 2 is 2.05 bits per heavy atom. The Balaban J connectivity index is 1.65. The van der Waals surface area contributed by atoms with Crippen LogP contribution in [0.2, 0.25) is 5.02 Å². The van der Waals surface area contributed by atoms with E-state index in [1.165, 1.54) is 4.90 Å². The van der Waals surface area contributed by atoms with Crippen LogP contribution >= 0.6 is 11.6 Å². The molecular weight excluding hydrogens is 274 g/mol. The Bertz CT molecular complexity index is 444. The first kappa shape index (κ1) is 15.3. The van der Waals surface area contributed by atoms with Gasteiger partial charge in [0.1, 0.15) is 26.2 Å². The van der Waals surface area contributed by atoms with Gasteiger partial charge in [0.25, 0.3) is 5.91 Å². The van der Waals surface area contributed by atoms with E-state index in [-0.39, 0.29) is 5.91 Å². The molecule has 3 N–H and O–H groups in total. The predicted octanol–water partition coefficient (Wildman–Crippen LogP) is -1.59. The van der Waals surface area contributed by atoms with E-state index in [9.17, 15) is 4.79 Å². The van der Waals surface area contributed by atoms with Gasteiger partial charge in [0.2, 0.25) is 0 Å². The molecule has 5 heteroatoms. The number of nitrogens with one attached hydrogen (secondary N) is 3. The molecule has 1 aromatic rings. The van der Waals surface area contributed by atoms with E-state index in [4.69, 9.17) is 11.6 Å². The van der Waals surface area contributed by atoms with Gasteiger partial charge in [0.15, 0.2) is 6.54 Å². The van der Waals surface area contributed by atoms with Crippen molar-refractivity contribution in [1.82, 2.24) is 5.32 Å². The molecule has 1 aliphatic heterocycles. The van der Waals surface area contributed by atoms with Gasteiger partial charge in [-0.3, -0.25) is 4.79 Å². The second-order valence-corrected chi connectivity index (χ2v) is 6.05. The molecule has 0 unspecified atom stereocenters. The Morgan fingerprint density at radius 1 is 1.30 bits per heavy atom. The van der Waals surface area contributed by atoms with E-state index >= 15 is 0 Å². The maximum Gasteiger partial charge on any atom is 0.275 e. The summed E-state index contributed by atoms with van der Waals surface area (Å²) in [5, 5.41) is 3.75. The monoisotopic (exact) mass is 297 g/mol. The Labute approximate surface area is 125 Å². The molecule has 0 aliphatic carbocycles. The van der Waals surface area contributed by atoms with Crippen LogP contribution in [0.1, 0.15) is 5.56 Å². The van der Waals surface area contributed by atoms with Crippen molar-refractivity contribution in [2.75, 3.05) is 46.3 Å². The third-order valence-electron chi connectivity index (χ3n) is 3.85. The standard InChI is InChI=1S/C15H22ClN3O/c1-18-7-9-19(10-8-18)12-15(20)17-6-5-13-3-2-4-14(16)11-13/h2-4,11H,5-10,12H2,1H3,(H,17,20)/p+2. The van der Waals surface area contributed by atoms with Crippen molar-refractivity contribution < 1.29 is 14.6 Å². The predicted molar refractivity (Wildman–Crippen MR) is 80.4 cm³/mol. The zero-order valence-corrected chi connectivity index (χ0v) is 12.8. The molecule has 1 amide bonds. The van der Waals surface area contributed by atoms with Crippen LogP contribution in [0.5, 0.6) is 0 Å². The number of benzene rings is 1. The number of piperazine rings is 1. The van der Waals surface area contributed by atoms with Gasteiger partial charge in [0.05, 0.1) is 7.05 Å². The van der Waals surface area contributed by atoms with Crippen molar-refractivity contribution in [2.24, 2.45) is 0 Å². The third-order valence-corrected chi connectivity index (χ3v) is 4.08. The molecule has 1 heterocycles. The molecule has 0 radical (unpaired) electrons. The lowest BCUT2D eigenvalue weighted by atomic mass is 10.1. The molecule has 110 valence electrons. The number of hydrogen-bond donors (Lipinski definition) is 3. The fourth-order valence-electron chi connectivity index (χ4n) is 2.54. The van der Waals surface area contributed by atoms with Gasteiger partial charge >= 0.3 is 0 Å². The molecule has 1 fully saturated rings. The normalized spacial score (nSPS) is 22.5. The van der Waals surface area contributed by atoms with Gasteiger partial charge in [-0.15, -0.1) is 0 Å². The molecule has 4 nitrogen and oxygen atoms in total. The fourth-order valence-corrected chi connectivity index (χ4v) is 2.75. The maximum atomic E-state index is 11.9. The highest BCUT2D eigenvalue weighted by molar-refractivity contribution is 6.30. The Morgan fingerprint density at radius 3 is 2.75 bits per heavy atom. The number of amides is 1. The first-order chi connectivity index (χ1) is 9.63. The lowest BCUT2D eigenvalue weighted by molar-refractivity contribution is -1.000. The van der Waals surface area contributed by atoms with Gasteiger partial charge in [-0.2, -0.15) is 0 Å². The van der Waals surface area contributed by atoms with Gasteiger partial charge in [0, 0.05) is 11.6 Å². The SMILES string of the molecule is C[NH+]1CC[NH+](CC(=O)NCCc2cccc(Cl)c2)CC1. The number of quaternary nitrogens is 2. The summed E-state index contributed by atoms with van der Waals surface area (Å²) in [4.78, 5) is 14.8. The van der Waals surface area contributed by atoms with E-state index in [2.05, 4.69) is 12.4 Å². The molecule has 1 saturated heterocycles. The van der Waals surface area contributed by atoms with Crippen LogP contribution in [0, 0.1) is 0 Å². The van der Waals surface area contributed by atoms with Crippen LogP contribution < -0.4 is 15.1 Å². The van der Waals surface area contributed by atoms with Crippen molar-refractivity contribution >= 4 is 17.5 Å². The molecule has 0 saturated carbocycles. The highest BCUT2D eigenvalue weighted by Crippen LogP contribution is 2.10. The minimum absolute atomic E-state index is 0.154. The van der Waals surface area contributed by atoms with Crippen molar-refractivity contribution in [3.05, 3.63) is 34.9 Å². The summed E-state index contributed by atoms with van der Waals surface area (Å²) >= 11 is 5.93. The summed E-state index contributed by atoms with van der Waals surface area (Å²) in [7, 11) is 2.21. The minimum atomic E-state index is 0.154. The summed E-state index contributed by atoms with van der Waals surface area (Å²) in [6.45, 7) is 5.78. The first-order valence-corrected chi connectivity index (χ1v) is 7.67. The van der Waals surface area contributed by atoms with E-state index in [0.717, 1.165) is 43.2 Å². The molecule has 1 aromatic carbocycles. The third kappa shape index (κ3) is 5.12. The second kappa shape index (κ2) is 7.62. The zero-order valence-electron chi connectivity index (χ0n) is 12.0. The van der Waals surface area contributed by atoms with Crippen LogP contribution in [-0.2, 0) is 11.2 Å². The summed E-state index contributed by atoms with van der Waals surface area (Å²) in [6.07, 6.45) is 0.828. The fraction of sp³-hybridized carbons (Fsp3) is 0.533. The number of hydrogen-bond acceptors (Lipinski definition) is 1. The summed E-state index contributed by atoms with van der Waals surface area (Å²) < 4.78 is 0. The molecule has 1 aliphatic rings. The Kier molecular flexibility index (Phi) is 5.83. The van der Waals surface area contributed by atoms with Crippen LogP contribution in [0.3, 0.4) is 0 Å². The second-order valence-electron chi connectivity index (χ2n) is 5.61. The average Bonchev–Trinajstić information content (AvgIpc) is 2.41. The maximum absolute atomic E-state index is 11.9. The van der Waals surface area contributed by atoms with Crippen LogP contribution in [-0.4, -0.2) is 52.2 Å². The lowest BCUT2D eigenvalue weighted by Crippen LogP contribution is -3.27. The number of halogens is 1. The lowest BCUT2D eigenvalue weighted by Gasteiger charge is -2.26. The number of carbonyl (C=O) groups excluding carboxylic acids is 1. The highest BCUT2D eigenvalue weighted by atomic mass is 35.5. The topological polar surface area (TPSA) is 38.0 Å². The van der Waals surface area contributed by atoms with Crippen LogP contribution in [0.4, 0.5) is 0 Å². The van der Waals surface area contributed by atoms with Crippen LogP contribution in [0.15, 0.2) is 24.3 Å². The molecule has 20 heavy (non-hydrogen) atoms. The summed E-state index contributed by atoms with van der Waals surface area (Å²) in [6, 6.07) is 7.79. The van der Waals surface area contributed by atoms with Crippen molar-refractivity contribution in [1.29, 1.82) is 0 Å². The molecular formula is C15H24ClN3O+2. The minimum Gasteiger partial charge on any atom is -0.351 e. The van der Waals surface area contributed by atoms with Crippen molar-refractivity contribution in [2.45, 2.75) is 6.42 Å². The molecule has 2 rings (SSSR count). The van der Waals surface area contributed by atoms with E-state index in [1.54, 1.807) is 4.90 Å². The zero-order chi connectivity index (χ0) is 14.4. The molecule has 0 spiro atoms. The van der Waals surface area contributed by atoms with Gasteiger partial charge in [-0.1, -0.05) is 23.7 Å². The van der Waals surface area contributed by atoms with Gasteiger partial charge < -0.3 is 15.1 Å². The largest absolute Gasteiger partial charge is 0.351 e. The number of carbonyl (C=O) groups is 1. The Hall–Kier alpha value is -1.10. The molecule has 0 atom stereocenters. The molecule has 0 aromatic heterocycles. The van der Waals surface area contributed by atoms with Gasteiger partial charge in [-0.05, 0) is 24.1 Å². The average molecular weight is 298 g/mol. The number of rotatable bonds is 5. The molecule has 0 bridgehead atoms.